The lowest BCUT2D eigenvalue weighted by atomic mass is 10.1. The Kier molecular flexibility index (Phi) is 4.63. The van der Waals surface area contributed by atoms with Crippen LogP contribution >= 0.6 is 11.3 Å². The molecular formula is C14H21NOS. The number of rotatable bonds is 5. The second-order valence-corrected chi connectivity index (χ2v) is 5.20. The van der Waals surface area contributed by atoms with Crippen LogP contribution in [0.4, 0.5) is 0 Å². The molecule has 3 heteroatoms. The van der Waals surface area contributed by atoms with E-state index in [1.807, 2.05) is 11.3 Å². The van der Waals surface area contributed by atoms with Gasteiger partial charge in [-0.3, -0.25) is 0 Å². The summed E-state index contributed by atoms with van der Waals surface area (Å²) in [4.78, 5) is 1.42. The van der Waals surface area contributed by atoms with E-state index in [0.29, 0.717) is 0 Å². The zero-order chi connectivity index (χ0) is 12.1. The van der Waals surface area contributed by atoms with E-state index in [0.717, 1.165) is 38.2 Å². The van der Waals surface area contributed by atoms with Gasteiger partial charge in [-0.1, -0.05) is 13.8 Å². The summed E-state index contributed by atoms with van der Waals surface area (Å²) < 4.78 is 5.82. The highest BCUT2D eigenvalue weighted by molar-refractivity contribution is 7.10. The first-order valence-electron chi connectivity index (χ1n) is 6.49. The number of thiophene rings is 1. The first kappa shape index (κ1) is 12.7. The van der Waals surface area contributed by atoms with E-state index in [9.17, 15) is 0 Å². The molecule has 2 rings (SSSR count). The van der Waals surface area contributed by atoms with Gasteiger partial charge in [0.1, 0.15) is 5.76 Å². The maximum atomic E-state index is 5.82. The first-order chi connectivity index (χ1) is 8.36. The maximum Gasteiger partial charge on any atom is 0.114 e. The van der Waals surface area contributed by atoms with Crippen LogP contribution in [0.1, 0.15) is 43.2 Å². The highest BCUT2D eigenvalue weighted by Crippen LogP contribution is 2.32. The van der Waals surface area contributed by atoms with Gasteiger partial charge in [-0.05, 0) is 48.9 Å². The Hall–Kier alpha value is -0.800. The van der Waals surface area contributed by atoms with Crippen LogP contribution < -0.4 is 5.32 Å². The summed E-state index contributed by atoms with van der Waals surface area (Å²) in [7, 11) is 0. The van der Waals surface area contributed by atoms with Gasteiger partial charge in [0, 0.05) is 4.88 Å². The minimum Gasteiger partial charge on any atom is -0.496 e. The first-order valence-corrected chi connectivity index (χ1v) is 7.37. The van der Waals surface area contributed by atoms with E-state index < -0.39 is 0 Å². The summed E-state index contributed by atoms with van der Waals surface area (Å²) in [6.45, 7) is 6.19. The van der Waals surface area contributed by atoms with Crippen LogP contribution in [-0.2, 0) is 11.2 Å². The largest absolute Gasteiger partial charge is 0.496 e. The van der Waals surface area contributed by atoms with Crippen LogP contribution in [0.25, 0.3) is 0 Å². The zero-order valence-electron chi connectivity index (χ0n) is 10.7. The molecule has 0 fully saturated rings. The van der Waals surface area contributed by atoms with Crippen molar-refractivity contribution in [3.8, 4) is 0 Å². The predicted octanol–water partition coefficient (Wildman–Crippen LogP) is 3.66. The molecule has 0 saturated heterocycles. The van der Waals surface area contributed by atoms with E-state index in [1.165, 1.54) is 10.4 Å². The van der Waals surface area contributed by atoms with E-state index in [1.54, 1.807) is 0 Å². The number of nitrogens with one attached hydrogen (secondary N) is 1. The van der Waals surface area contributed by atoms with Gasteiger partial charge in [-0.15, -0.1) is 11.3 Å². The van der Waals surface area contributed by atoms with Crippen LogP contribution in [0.5, 0.6) is 0 Å². The Bertz CT molecular complexity index is 383. The molecule has 1 unspecified atom stereocenters. The summed E-state index contributed by atoms with van der Waals surface area (Å²) >= 11 is 1.83. The molecule has 1 atom stereocenters. The fourth-order valence-electron chi connectivity index (χ4n) is 2.20. The van der Waals surface area contributed by atoms with Crippen molar-refractivity contribution < 1.29 is 4.74 Å². The average Bonchev–Trinajstić information content (AvgIpc) is 2.85. The molecule has 0 radical (unpaired) electrons. The van der Waals surface area contributed by atoms with Crippen molar-refractivity contribution in [2.75, 3.05) is 13.2 Å². The van der Waals surface area contributed by atoms with Gasteiger partial charge in [0.05, 0.1) is 12.6 Å². The number of likely N-dealkylation sites (N-methyl/N-ethyl adjacent to an activating group) is 1. The molecule has 1 aliphatic heterocycles. The SMILES string of the molecule is CCNC(C1=CCCCO1)c1sccc1CC. The van der Waals surface area contributed by atoms with Crippen molar-refractivity contribution in [3.63, 3.8) is 0 Å². The second kappa shape index (κ2) is 6.22. The molecule has 1 aromatic rings. The van der Waals surface area contributed by atoms with Crippen LogP contribution in [0.15, 0.2) is 23.3 Å². The second-order valence-electron chi connectivity index (χ2n) is 4.25. The molecule has 1 aromatic heterocycles. The molecule has 2 nitrogen and oxygen atoms in total. The van der Waals surface area contributed by atoms with Crippen molar-refractivity contribution in [2.24, 2.45) is 0 Å². The zero-order valence-corrected chi connectivity index (χ0v) is 11.5. The molecule has 1 aliphatic rings. The molecule has 17 heavy (non-hydrogen) atoms. The highest BCUT2D eigenvalue weighted by Gasteiger charge is 2.22. The molecule has 0 amide bonds. The van der Waals surface area contributed by atoms with E-state index in [-0.39, 0.29) is 6.04 Å². The molecule has 0 aromatic carbocycles. The minimum atomic E-state index is 0.259. The number of hydrogen-bond donors (Lipinski definition) is 1. The molecule has 0 saturated carbocycles. The van der Waals surface area contributed by atoms with E-state index in [2.05, 4.69) is 36.7 Å². The Morgan fingerprint density at radius 2 is 2.35 bits per heavy atom. The van der Waals surface area contributed by atoms with Gasteiger partial charge in [0.25, 0.3) is 0 Å². The smallest absolute Gasteiger partial charge is 0.114 e. The lowest BCUT2D eigenvalue weighted by molar-refractivity contribution is 0.168. The third-order valence-corrected chi connectivity index (χ3v) is 4.10. The van der Waals surface area contributed by atoms with Gasteiger partial charge in [0.15, 0.2) is 0 Å². The van der Waals surface area contributed by atoms with Crippen molar-refractivity contribution in [2.45, 2.75) is 39.2 Å². The summed E-state index contributed by atoms with van der Waals surface area (Å²) in [5.41, 5.74) is 1.44. The quantitative estimate of drug-likeness (QED) is 0.862. The van der Waals surface area contributed by atoms with Crippen LogP contribution in [0, 0.1) is 0 Å². The molecule has 0 aliphatic carbocycles. The molecule has 0 spiro atoms. The Morgan fingerprint density at radius 3 is 3.00 bits per heavy atom. The lowest BCUT2D eigenvalue weighted by Crippen LogP contribution is -2.25. The molecule has 1 N–H and O–H groups in total. The fourth-order valence-corrected chi connectivity index (χ4v) is 3.28. The summed E-state index contributed by atoms with van der Waals surface area (Å²) in [6, 6.07) is 2.49. The Morgan fingerprint density at radius 1 is 1.47 bits per heavy atom. The van der Waals surface area contributed by atoms with Gasteiger partial charge < -0.3 is 10.1 Å². The topological polar surface area (TPSA) is 21.3 Å². The minimum absolute atomic E-state index is 0.259. The Labute approximate surface area is 108 Å². The molecule has 2 heterocycles. The van der Waals surface area contributed by atoms with Crippen LogP contribution in [-0.4, -0.2) is 13.2 Å². The van der Waals surface area contributed by atoms with Gasteiger partial charge in [-0.25, -0.2) is 0 Å². The predicted molar refractivity (Wildman–Crippen MR) is 73.4 cm³/mol. The summed E-state index contributed by atoms with van der Waals surface area (Å²) in [5, 5.41) is 5.73. The number of hydrogen-bond acceptors (Lipinski definition) is 3. The summed E-state index contributed by atoms with van der Waals surface area (Å²) in [6.07, 6.45) is 5.63. The van der Waals surface area contributed by atoms with Gasteiger partial charge in [0.2, 0.25) is 0 Å². The monoisotopic (exact) mass is 251 g/mol. The van der Waals surface area contributed by atoms with E-state index >= 15 is 0 Å². The highest BCUT2D eigenvalue weighted by atomic mass is 32.1. The van der Waals surface area contributed by atoms with Crippen LogP contribution in [0.2, 0.25) is 0 Å². The summed E-state index contributed by atoms with van der Waals surface area (Å²) in [5.74, 6) is 1.12. The number of aryl methyl sites for hydroxylation is 1. The number of allylic oxidation sites excluding steroid dienone is 1. The van der Waals surface area contributed by atoms with E-state index in [4.69, 9.17) is 4.74 Å². The fraction of sp³-hybridized carbons (Fsp3) is 0.571. The molecule has 0 bridgehead atoms. The van der Waals surface area contributed by atoms with Crippen molar-refractivity contribution in [1.82, 2.24) is 5.32 Å². The van der Waals surface area contributed by atoms with Crippen LogP contribution in [0.3, 0.4) is 0 Å². The molecule has 94 valence electrons. The lowest BCUT2D eigenvalue weighted by Gasteiger charge is -2.24. The normalized spacial score (nSPS) is 17.4. The number of ether oxygens (including phenoxy) is 1. The van der Waals surface area contributed by atoms with Crippen molar-refractivity contribution in [3.05, 3.63) is 33.7 Å². The van der Waals surface area contributed by atoms with Crippen molar-refractivity contribution in [1.29, 1.82) is 0 Å². The van der Waals surface area contributed by atoms with Gasteiger partial charge >= 0.3 is 0 Å². The standard InChI is InChI=1S/C14H21NOS/c1-3-11-8-10-17-14(11)13(15-4-2)12-7-5-6-9-16-12/h7-8,10,13,15H,3-6,9H2,1-2H3. The van der Waals surface area contributed by atoms with Crippen molar-refractivity contribution >= 4 is 11.3 Å². The third-order valence-electron chi connectivity index (χ3n) is 3.08. The van der Waals surface area contributed by atoms with Gasteiger partial charge in [-0.2, -0.15) is 0 Å². The maximum absolute atomic E-state index is 5.82. The third kappa shape index (κ3) is 2.90. The average molecular weight is 251 g/mol. The molecular weight excluding hydrogens is 230 g/mol. The Balaban J connectivity index is 2.24.